The summed E-state index contributed by atoms with van der Waals surface area (Å²) in [5, 5.41) is 2.86. The molecule has 0 aromatic heterocycles. The van der Waals surface area contributed by atoms with E-state index in [9.17, 15) is 4.79 Å². The predicted octanol–water partition coefficient (Wildman–Crippen LogP) is 2.60. The van der Waals surface area contributed by atoms with E-state index in [0.29, 0.717) is 41.7 Å². The normalized spacial score (nSPS) is 12.8. The minimum Gasteiger partial charge on any atom is -0.486 e. The van der Waals surface area contributed by atoms with Crippen molar-refractivity contribution in [2.45, 2.75) is 6.92 Å². The van der Waals surface area contributed by atoms with Crippen LogP contribution in [0.25, 0.3) is 0 Å². The van der Waals surface area contributed by atoms with Crippen LogP contribution in [0.3, 0.4) is 0 Å². The molecule has 0 fully saturated rings. The molecule has 0 unspecified atom stereocenters. The van der Waals surface area contributed by atoms with Gasteiger partial charge in [0.15, 0.2) is 11.5 Å². The zero-order valence-corrected chi connectivity index (χ0v) is 11.7. The minimum absolute atomic E-state index is 0.244. The number of nitrogen functional groups attached to an aromatic ring is 1. The standard InChI is InChI=1S/C16H16N2O3/c1-10-12(17)5-3-6-13(10)18-16(19)11-4-2-7-14-15(11)21-9-8-20-14/h2-7H,8-9,17H2,1H3,(H,18,19). The first-order chi connectivity index (χ1) is 10.2. The molecule has 1 heterocycles. The predicted molar refractivity (Wildman–Crippen MR) is 81.0 cm³/mol. The van der Waals surface area contributed by atoms with Crippen LogP contribution in [0.2, 0.25) is 0 Å². The van der Waals surface area contributed by atoms with Crippen molar-refractivity contribution in [2.75, 3.05) is 24.3 Å². The molecule has 0 spiro atoms. The summed E-state index contributed by atoms with van der Waals surface area (Å²) in [5.74, 6) is 0.840. The lowest BCUT2D eigenvalue weighted by atomic mass is 10.1. The number of nitrogens with one attached hydrogen (secondary N) is 1. The maximum absolute atomic E-state index is 12.5. The Morgan fingerprint density at radius 3 is 2.76 bits per heavy atom. The van der Waals surface area contributed by atoms with Gasteiger partial charge in [0.2, 0.25) is 0 Å². The van der Waals surface area contributed by atoms with Crippen molar-refractivity contribution in [3.05, 3.63) is 47.5 Å². The van der Waals surface area contributed by atoms with Gasteiger partial charge in [-0.3, -0.25) is 4.79 Å². The van der Waals surface area contributed by atoms with Crippen molar-refractivity contribution in [1.82, 2.24) is 0 Å². The molecule has 3 rings (SSSR count). The highest BCUT2D eigenvalue weighted by atomic mass is 16.6. The molecular weight excluding hydrogens is 268 g/mol. The Balaban J connectivity index is 1.91. The number of rotatable bonds is 2. The number of amides is 1. The third-order valence-electron chi connectivity index (χ3n) is 3.43. The number of carbonyl (C=O) groups is 1. The van der Waals surface area contributed by atoms with E-state index in [1.807, 2.05) is 13.0 Å². The average molecular weight is 284 g/mol. The first kappa shape index (κ1) is 13.3. The molecule has 1 amide bonds. The summed E-state index contributed by atoms with van der Waals surface area (Å²) in [4.78, 5) is 12.5. The van der Waals surface area contributed by atoms with Crippen molar-refractivity contribution >= 4 is 17.3 Å². The highest BCUT2D eigenvalue weighted by molar-refractivity contribution is 6.07. The van der Waals surface area contributed by atoms with Crippen molar-refractivity contribution in [3.63, 3.8) is 0 Å². The molecule has 2 aromatic carbocycles. The summed E-state index contributed by atoms with van der Waals surface area (Å²) in [5.41, 5.74) is 8.47. The molecule has 1 aliphatic heterocycles. The maximum Gasteiger partial charge on any atom is 0.259 e. The van der Waals surface area contributed by atoms with Crippen LogP contribution in [-0.4, -0.2) is 19.1 Å². The number of carbonyl (C=O) groups excluding carboxylic acids is 1. The second kappa shape index (κ2) is 5.36. The van der Waals surface area contributed by atoms with E-state index in [4.69, 9.17) is 15.2 Å². The molecule has 0 saturated heterocycles. The fraction of sp³-hybridized carbons (Fsp3) is 0.188. The maximum atomic E-state index is 12.5. The number of benzene rings is 2. The van der Waals surface area contributed by atoms with Gasteiger partial charge < -0.3 is 20.5 Å². The van der Waals surface area contributed by atoms with Gasteiger partial charge in [-0.25, -0.2) is 0 Å². The van der Waals surface area contributed by atoms with Crippen LogP contribution in [0.1, 0.15) is 15.9 Å². The molecule has 3 N–H and O–H groups in total. The third kappa shape index (κ3) is 2.50. The summed E-state index contributed by atoms with van der Waals surface area (Å²) < 4.78 is 11.0. The molecular formula is C16H16N2O3. The summed E-state index contributed by atoms with van der Waals surface area (Å²) >= 11 is 0. The molecule has 2 aromatic rings. The van der Waals surface area contributed by atoms with Gasteiger partial charge in [0.05, 0.1) is 5.56 Å². The van der Waals surface area contributed by atoms with E-state index in [0.717, 1.165) is 5.56 Å². The van der Waals surface area contributed by atoms with Crippen LogP contribution >= 0.6 is 0 Å². The largest absolute Gasteiger partial charge is 0.486 e. The molecule has 0 radical (unpaired) electrons. The smallest absolute Gasteiger partial charge is 0.259 e. The third-order valence-corrected chi connectivity index (χ3v) is 3.43. The number of anilines is 2. The first-order valence-corrected chi connectivity index (χ1v) is 6.72. The Morgan fingerprint density at radius 1 is 1.14 bits per heavy atom. The number of ether oxygens (including phenoxy) is 2. The SMILES string of the molecule is Cc1c(N)cccc1NC(=O)c1cccc2c1OCCO2. The van der Waals surface area contributed by atoms with Crippen molar-refractivity contribution in [2.24, 2.45) is 0 Å². The second-order valence-electron chi connectivity index (χ2n) is 4.80. The Labute approximate surface area is 122 Å². The molecule has 0 saturated carbocycles. The summed E-state index contributed by atoms with van der Waals surface area (Å²) in [6.45, 7) is 2.80. The fourth-order valence-corrected chi connectivity index (χ4v) is 2.23. The number of hydrogen-bond acceptors (Lipinski definition) is 4. The molecule has 108 valence electrons. The number of fused-ring (bicyclic) bond motifs is 1. The number of nitrogens with two attached hydrogens (primary N) is 1. The average Bonchev–Trinajstić information content (AvgIpc) is 2.51. The van der Waals surface area contributed by atoms with E-state index in [-0.39, 0.29) is 5.91 Å². The Hall–Kier alpha value is -2.69. The van der Waals surface area contributed by atoms with E-state index < -0.39 is 0 Å². The molecule has 5 nitrogen and oxygen atoms in total. The summed E-state index contributed by atoms with van der Waals surface area (Å²) in [6, 6.07) is 10.7. The molecule has 0 bridgehead atoms. The van der Waals surface area contributed by atoms with Gasteiger partial charge >= 0.3 is 0 Å². The van der Waals surface area contributed by atoms with Crippen LogP contribution in [-0.2, 0) is 0 Å². The van der Waals surface area contributed by atoms with E-state index in [1.54, 1.807) is 30.3 Å². The fourth-order valence-electron chi connectivity index (χ4n) is 2.23. The van der Waals surface area contributed by atoms with Crippen LogP contribution < -0.4 is 20.5 Å². The highest BCUT2D eigenvalue weighted by Crippen LogP contribution is 2.34. The van der Waals surface area contributed by atoms with E-state index >= 15 is 0 Å². The molecule has 5 heteroatoms. The van der Waals surface area contributed by atoms with Crippen LogP contribution in [0.15, 0.2) is 36.4 Å². The van der Waals surface area contributed by atoms with Gasteiger partial charge in [0.1, 0.15) is 13.2 Å². The van der Waals surface area contributed by atoms with Crippen LogP contribution in [0.5, 0.6) is 11.5 Å². The van der Waals surface area contributed by atoms with E-state index in [1.165, 1.54) is 0 Å². The van der Waals surface area contributed by atoms with Gasteiger partial charge in [-0.1, -0.05) is 12.1 Å². The van der Waals surface area contributed by atoms with Gasteiger partial charge in [-0.15, -0.1) is 0 Å². The number of para-hydroxylation sites is 1. The lowest BCUT2D eigenvalue weighted by Crippen LogP contribution is -2.20. The Kier molecular flexibility index (Phi) is 3.39. The zero-order chi connectivity index (χ0) is 14.8. The monoisotopic (exact) mass is 284 g/mol. The highest BCUT2D eigenvalue weighted by Gasteiger charge is 2.20. The quantitative estimate of drug-likeness (QED) is 0.831. The second-order valence-corrected chi connectivity index (χ2v) is 4.80. The first-order valence-electron chi connectivity index (χ1n) is 6.72. The van der Waals surface area contributed by atoms with Crippen molar-refractivity contribution in [1.29, 1.82) is 0 Å². The van der Waals surface area contributed by atoms with Gasteiger partial charge in [-0.2, -0.15) is 0 Å². The topological polar surface area (TPSA) is 73.6 Å². The minimum atomic E-state index is -0.244. The van der Waals surface area contributed by atoms with Crippen molar-refractivity contribution in [3.8, 4) is 11.5 Å². The molecule has 0 aliphatic carbocycles. The summed E-state index contributed by atoms with van der Waals surface area (Å²) in [7, 11) is 0. The molecule has 1 aliphatic rings. The molecule has 21 heavy (non-hydrogen) atoms. The van der Waals surface area contributed by atoms with Gasteiger partial charge in [-0.05, 0) is 36.8 Å². The lowest BCUT2D eigenvalue weighted by Gasteiger charge is -2.20. The van der Waals surface area contributed by atoms with Crippen LogP contribution in [0.4, 0.5) is 11.4 Å². The van der Waals surface area contributed by atoms with Gasteiger partial charge in [0.25, 0.3) is 5.91 Å². The summed E-state index contributed by atoms with van der Waals surface area (Å²) in [6.07, 6.45) is 0. The van der Waals surface area contributed by atoms with Crippen molar-refractivity contribution < 1.29 is 14.3 Å². The lowest BCUT2D eigenvalue weighted by molar-refractivity contribution is 0.101. The van der Waals surface area contributed by atoms with Crippen LogP contribution in [0, 0.1) is 6.92 Å². The van der Waals surface area contributed by atoms with Gasteiger partial charge in [0, 0.05) is 11.4 Å². The molecule has 0 atom stereocenters. The zero-order valence-electron chi connectivity index (χ0n) is 11.7. The number of hydrogen-bond donors (Lipinski definition) is 2. The Bertz CT molecular complexity index is 698. The Morgan fingerprint density at radius 2 is 1.90 bits per heavy atom. The van der Waals surface area contributed by atoms with E-state index in [2.05, 4.69) is 5.32 Å².